The number of hydrogen-bond donors (Lipinski definition) is 2. The molecule has 1 aliphatic carbocycles. The van der Waals surface area contributed by atoms with Gasteiger partial charge in [-0.25, -0.2) is 0 Å². The summed E-state index contributed by atoms with van der Waals surface area (Å²) in [5, 5.41) is 4.60. The van der Waals surface area contributed by atoms with Gasteiger partial charge in [-0.3, -0.25) is 16.0 Å². The van der Waals surface area contributed by atoms with E-state index < -0.39 is 0 Å². The summed E-state index contributed by atoms with van der Waals surface area (Å²) in [5.41, 5.74) is 5.83. The van der Waals surface area contributed by atoms with Crippen LogP contribution in [0.4, 0.5) is 0 Å². The minimum absolute atomic E-state index is 0.303. The second-order valence-electron chi connectivity index (χ2n) is 7.00. The molecule has 1 aliphatic rings. The third kappa shape index (κ3) is 3.51. The third-order valence-electron chi connectivity index (χ3n) is 5.21. The molecule has 0 aliphatic heterocycles. The van der Waals surface area contributed by atoms with E-state index in [4.69, 9.17) is 5.84 Å². The highest BCUT2D eigenvalue weighted by Crippen LogP contribution is 2.43. The summed E-state index contributed by atoms with van der Waals surface area (Å²) >= 11 is 3.72. The van der Waals surface area contributed by atoms with E-state index in [-0.39, 0.29) is 0 Å². The van der Waals surface area contributed by atoms with E-state index in [1.54, 1.807) is 0 Å². The van der Waals surface area contributed by atoms with Gasteiger partial charge in [0.25, 0.3) is 0 Å². The molecule has 1 heterocycles. The van der Waals surface area contributed by atoms with Crippen LogP contribution in [0.3, 0.4) is 0 Å². The van der Waals surface area contributed by atoms with Crippen molar-refractivity contribution < 1.29 is 0 Å². The maximum Gasteiger partial charge on any atom is 0.0766 e. The Morgan fingerprint density at radius 3 is 2.71 bits per heavy atom. The van der Waals surface area contributed by atoms with Gasteiger partial charge in [0.15, 0.2) is 0 Å². The van der Waals surface area contributed by atoms with E-state index in [9.17, 15) is 0 Å². The molecular weight excluding hydrogens is 328 g/mol. The number of nitrogens with zero attached hydrogens (tertiary/aromatic N) is 2. The Morgan fingerprint density at radius 2 is 2.19 bits per heavy atom. The largest absolute Gasteiger partial charge is 0.271 e. The van der Waals surface area contributed by atoms with E-state index in [0.29, 0.717) is 17.4 Å². The number of aryl methyl sites for hydroxylation is 2. The van der Waals surface area contributed by atoms with Crippen LogP contribution in [0.2, 0.25) is 0 Å². The standard InChI is InChI=1S/C16H29BrN4/c1-5-12-15(17)14(21(4)20-12)10-13(19-18)11-8-6-7-9-16(11,2)3/h11,13,19H,5-10,18H2,1-4H3. The second-order valence-corrected chi connectivity index (χ2v) is 7.80. The van der Waals surface area contributed by atoms with Crippen molar-refractivity contribution in [1.29, 1.82) is 0 Å². The number of aromatic nitrogens is 2. The topological polar surface area (TPSA) is 55.9 Å². The smallest absolute Gasteiger partial charge is 0.0766 e. The number of hydrazine groups is 1. The fraction of sp³-hybridized carbons (Fsp3) is 0.812. The number of nitrogens with one attached hydrogen (secondary N) is 1. The fourth-order valence-corrected chi connectivity index (χ4v) is 4.61. The van der Waals surface area contributed by atoms with Crippen LogP contribution in [-0.2, 0) is 19.9 Å². The summed E-state index contributed by atoms with van der Waals surface area (Å²) in [6.45, 7) is 6.91. The Balaban J connectivity index is 2.21. The van der Waals surface area contributed by atoms with Crippen molar-refractivity contribution in [3.05, 3.63) is 15.9 Å². The summed E-state index contributed by atoms with van der Waals surface area (Å²) < 4.78 is 3.16. The number of halogens is 1. The van der Waals surface area contributed by atoms with Gasteiger partial charge in [0.05, 0.1) is 15.9 Å². The lowest BCUT2D eigenvalue weighted by Crippen LogP contribution is -2.49. The molecule has 0 amide bonds. The molecule has 120 valence electrons. The maximum absolute atomic E-state index is 5.92. The molecule has 0 saturated heterocycles. The summed E-state index contributed by atoms with van der Waals surface area (Å²) in [4.78, 5) is 0. The van der Waals surface area contributed by atoms with Gasteiger partial charge in [-0.1, -0.05) is 33.6 Å². The Hall–Kier alpha value is -0.390. The van der Waals surface area contributed by atoms with Crippen LogP contribution in [0, 0.1) is 11.3 Å². The van der Waals surface area contributed by atoms with E-state index >= 15 is 0 Å². The van der Waals surface area contributed by atoms with Gasteiger partial charge in [0.2, 0.25) is 0 Å². The summed E-state index contributed by atoms with van der Waals surface area (Å²) in [6, 6.07) is 0.303. The first-order valence-corrected chi connectivity index (χ1v) is 8.86. The first-order valence-electron chi connectivity index (χ1n) is 8.07. The molecule has 2 rings (SSSR count). The van der Waals surface area contributed by atoms with Gasteiger partial charge in [0, 0.05) is 19.5 Å². The molecule has 1 fully saturated rings. The van der Waals surface area contributed by atoms with Crippen LogP contribution in [0.25, 0.3) is 0 Å². The van der Waals surface area contributed by atoms with Crippen molar-refractivity contribution in [2.24, 2.45) is 24.2 Å². The van der Waals surface area contributed by atoms with Crippen molar-refractivity contribution in [1.82, 2.24) is 15.2 Å². The van der Waals surface area contributed by atoms with Gasteiger partial charge in [0.1, 0.15) is 0 Å². The van der Waals surface area contributed by atoms with Crippen molar-refractivity contribution in [2.75, 3.05) is 0 Å². The second kappa shape index (κ2) is 6.80. The highest BCUT2D eigenvalue weighted by Gasteiger charge is 2.37. The van der Waals surface area contributed by atoms with E-state index in [2.05, 4.69) is 47.2 Å². The molecule has 1 saturated carbocycles. The minimum Gasteiger partial charge on any atom is -0.271 e. The molecule has 2 unspecified atom stereocenters. The van der Waals surface area contributed by atoms with Crippen LogP contribution in [0.5, 0.6) is 0 Å². The van der Waals surface area contributed by atoms with Gasteiger partial charge in [-0.05, 0) is 46.5 Å². The van der Waals surface area contributed by atoms with Crippen molar-refractivity contribution in [2.45, 2.75) is 65.3 Å². The van der Waals surface area contributed by atoms with Crippen LogP contribution in [0.15, 0.2) is 4.47 Å². The molecule has 4 nitrogen and oxygen atoms in total. The maximum atomic E-state index is 5.92. The van der Waals surface area contributed by atoms with E-state index in [0.717, 1.165) is 23.0 Å². The van der Waals surface area contributed by atoms with Crippen LogP contribution in [-0.4, -0.2) is 15.8 Å². The third-order valence-corrected chi connectivity index (χ3v) is 6.12. The Labute approximate surface area is 137 Å². The highest BCUT2D eigenvalue weighted by molar-refractivity contribution is 9.10. The quantitative estimate of drug-likeness (QED) is 0.628. The van der Waals surface area contributed by atoms with E-state index in [1.165, 1.54) is 31.4 Å². The monoisotopic (exact) mass is 356 g/mol. The van der Waals surface area contributed by atoms with Gasteiger partial charge in [-0.2, -0.15) is 5.10 Å². The summed E-state index contributed by atoms with van der Waals surface area (Å²) in [5.74, 6) is 6.53. The zero-order valence-corrected chi connectivity index (χ0v) is 15.3. The lowest BCUT2D eigenvalue weighted by Gasteiger charge is -2.43. The highest BCUT2D eigenvalue weighted by atomic mass is 79.9. The first-order chi connectivity index (χ1) is 9.90. The van der Waals surface area contributed by atoms with Crippen molar-refractivity contribution in [3.8, 4) is 0 Å². The average molecular weight is 357 g/mol. The Morgan fingerprint density at radius 1 is 1.48 bits per heavy atom. The first kappa shape index (κ1) is 17.0. The summed E-state index contributed by atoms with van der Waals surface area (Å²) in [7, 11) is 2.03. The molecule has 1 aromatic heterocycles. The lowest BCUT2D eigenvalue weighted by molar-refractivity contribution is 0.0974. The van der Waals surface area contributed by atoms with Gasteiger partial charge in [-0.15, -0.1) is 0 Å². The predicted octanol–water partition coefficient (Wildman–Crippen LogP) is 3.34. The fourth-order valence-electron chi connectivity index (χ4n) is 3.83. The Bertz CT molecular complexity index is 481. The molecule has 0 radical (unpaired) electrons. The zero-order valence-electron chi connectivity index (χ0n) is 13.7. The average Bonchev–Trinajstić information content (AvgIpc) is 2.71. The van der Waals surface area contributed by atoms with Crippen molar-refractivity contribution in [3.63, 3.8) is 0 Å². The molecule has 0 bridgehead atoms. The van der Waals surface area contributed by atoms with Gasteiger partial charge < -0.3 is 0 Å². The van der Waals surface area contributed by atoms with E-state index in [1.807, 2.05) is 11.7 Å². The van der Waals surface area contributed by atoms with Crippen LogP contribution < -0.4 is 11.3 Å². The predicted molar refractivity (Wildman–Crippen MR) is 90.8 cm³/mol. The molecule has 5 heteroatoms. The minimum atomic E-state index is 0.303. The van der Waals surface area contributed by atoms with Crippen molar-refractivity contribution >= 4 is 15.9 Å². The molecule has 0 spiro atoms. The normalized spacial score (nSPS) is 23.2. The zero-order chi connectivity index (χ0) is 15.6. The van der Waals surface area contributed by atoms with Crippen LogP contribution >= 0.6 is 15.9 Å². The Kier molecular flexibility index (Phi) is 5.49. The molecule has 2 atom stereocenters. The van der Waals surface area contributed by atoms with Crippen LogP contribution in [0.1, 0.15) is 57.8 Å². The lowest BCUT2D eigenvalue weighted by atomic mass is 9.65. The number of nitrogens with two attached hydrogens (primary N) is 1. The number of rotatable bonds is 5. The molecule has 1 aromatic rings. The summed E-state index contributed by atoms with van der Waals surface area (Å²) in [6.07, 6.45) is 7.09. The molecule has 3 N–H and O–H groups in total. The number of hydrogen-bond acceptors (Lipinski definition) is 3. The molecular formula is C16H29BrN4. The molecule has 21 heavy (non-hydrogen) atoms. The van der Waals surface area contributed by atoms with Gasteiger partial charge >= 0.3 is 0 Å². The molecule has 0 aromatic carbocycles. The SMILES string of the molecule is CCc1nn(C)c(CC(NN)C2CCCCC2(C)C)c1Br.